The van der Waals surface area contributed by atoms with Crippen molar-refractivity contribution in [2.45, 2.75) is 39.7 Å². The maximum atomic E-state index is 13.3. The Kier molecular flexibility index (Phi) is 6.38. The van der Waals surface area contributed by atoms with Gasteiger partial charge in [0.1, 0.15) is 5.82 Å². The number of benzene rings is 2. The molecule has 4 nitrogen and oxygen atoms in total. The molecule has 3 aromatic rings. The molecule has 0 fully saturated rings. The summed E-state index contributed by atoms with van der Waals surface area (Å²) in [5, 5.41) is 3.64. The Hall–Kier alpha value is -2.66. The number of rotatable bonds is 6. The first-order chi connectivity index (χ1) is 13.7. The molecule has 0 aliphatic carbocycles. The van der Waals surface area contributed by atoms with Gasteiger partial charge in [-0.05, 0) is 35.2 Å². The third kappa shape index (κ3) is 5.45. The Labute approximate surface area is 175 Å². The first-order valence-electron chi connectivity index (χ1n) is 9.48. The molecule has 0 aliphatic heterocycles. The van der Waals surface area contributed by atoms with Crippen LogP contribution in [0.15, 0.2) is 59.1 Å². The second kappa shape index (κ2) is 8.78. The highest BCUT2D eigenvalue weighted by molar-refractivity contribution is 6.33. The van der Waals surface area contributed by atoms with Gasteiger partial charge >= 0.3 is 0 Å². The summed E-state index contributed by atoms with van der Waals surface area (Å²) in [5.74, 6) is 0.631. The van der Waals surface area contributed by atoms with E-state index in [-0.39, 0.29) is 29.6 Å². The Balaban J connectivity index is 1.64. The van der Waals surface area contributed by atoms with Crippen LogP contribution in [0.5, 0.6) is 0 Å². The lowest BCUT2D eigenvalue weighted by atomic mass is 9.82. The molecule has 0 saturated heterocycles. The van der Waals surface area contributed by atoms with E-state index in [0.29, 0.717) is 23.1 Å². The van der Waals surface area contributed by atoms with Gasteiger partial charge in [0.15, 0.2) is 11.7 Å². The van der Waals surface area contributed by atoms with E-state index in [1.165, 1.54) is 12.1 Å². The van der Waals surface area contributed by atoms with Gasteiger partial charge in [0.2, 0.25) is 5.91 Å². The van der Waals surface area contributed by atoms with Gasteiger partial charge in [-0.25, -0.2) is 9.37 Å². The number of nitrogens with zero attached hydrogens (tertiary/aromatic N) is 1. The highest BCUT2D eigenvalue weighted by Gasteiger charge is 2.28. The van der Waals surface area contributed by atoms with Crippen LogP contribution in [0, 0.1) is 11.2 Å². The first-order valence-corrected chi connectivity index (χ1v) is 9.86. The fourth-order valence-electron chi connectivity index (χ4n) is 3.12. The molecule has 0 saturated carbocycles. The topological polar surface area (TPSA) is 55.1 Å². The molecule has 1 unspecified atom stereocenters. The third-order valence-electron chi connectivity index (χ3n) is 4.63. The molecule has 0 spiro atoms. The largest absolute Gasteiger partial charge is 0.441 e. The van der Waals surface area contributed by atoms with Crippen molar-refractivity contribution < 1.29 is 13.6 Å². The van der Waals surface area contributed by atoms with E-state index >= 15 is 0 Å². The van der Waals surface area contributed by atoms with E-state index in [4.69, 9.17) is 16.0 Å². The zero-order valence-corrected chi connectivity index (χ0v) is 17.5. The van der Waals surface area contributed by atoms with Crippen LogP contribution in [-0.4, -0.2) is 10.9 Å². The Morgan fingerprint density at radius 1 is 1.17 bits per heavy atom. The van der Waals surface area contributed by atoms with E-state index in [1.807, 2.05) is 39.0 Å². The number of hydrogen-bond acceptors (Lipinski definition) is 3. The quantitative estimate of drug-likeness (QED) is 0.540. The summed E-state index contributed by atoms with van der Waals surface area (Å²) in [5.41, 5.74) is 1.40. The molecule has 6 heteroatoms. The summed E-state index contributed by atoms with van der Waals surface area (Å²) >= 11 is 6.19. The van der Waals surface area contributed by atoms with Crippen molar-refractivity contribution in [3.63, 3.8) is 0 Å². The molecule has 29 heavy (non-hydrogen) atoms. The molecule has 0 aliphatic rings. The lowest BCUT2D eigenvalue weighted by molar-refractivity contribution is -0.122. The van der Waals surface area contributed by atoms with Crippen LogP contribution in [0.2, 0.25) is 5.02 Å². The minimum atomic E-state index is -0.300. The van der Waals surface area contributed by atoms with Gasteiger partial charge in [0.05, 0.1) is 17.3 Å². The lowest BCUT2D eigenvalue weighted by Crippen LogP contribution is -2.36. The van der Waals surface area contributed by atoms with Crippen LogP contribution in [0.4, 0.5) is 4.39 Å². The molecule has 152 valence electrons. The smallest absolute Gasteiger partial charge is 0.221 e. The molecule has 0 bridgehead atoms. The lowest BCUT2D eigenvalue weighted by Gasteiger charge is -2.32. The standard InChI is InChI=1S/C23H24ClFN2O2/c1-23(2,3)22(15-8-10-16(25)11-9-15)27-20(28)12-13-21-26-14-19(29-21)17-6-4-5-7-18(17)24/h4-11,14,22H,12-13H2,1-3H3,(H,27,28). The number of oxazole rings is 1. The SMILES string of the molecule is CC(C)(C)C(NC(=O)CCc1ncc(-c2ccccc2Cl)o1)c1ccc(F)cc1. The minimum Gasteiger partial charge on any atom is -0.441 e. The molecule has 1 amide bonds. The monoisotopic (exact) mass is 414 g/mol. The summed E-state index contributed by atoms with van der Waals surface area (Å²) in [7, 11) is 0. The number of aromatic nitrogens is 1. The molecule has 1 atom stereocenters. The molecule has 2 aromatic carbocycles. The van der Waals surface area contributed by atoms with Crippen LogP contribution in [0.25, 0.3) is 11.3 Å². The van der Waals surface area contributed by atoms with Crippen LogP contribution in [-0.2, 0) is 11.2 Å². The second-order valence-corrected chi connectivity index (χ2v) is 8.42. The molecule has 1 heterocycles. The number of halogens is 2. The van der Waals surface area contributed by atoms with Gasteiger partial charge < -0.3 is 9.73 Å². The third-order valence-corrected chi connectivity index (χ3v) is 4.96. The Morgan fingerprint density at radius 3 is 2.52 bits per heavy atom. The van der Waals surface area contributed by atoms with E-state index in [9.17, 15) is 9.18 Å². The minimum absolute atomic E-state index is 0.119. The summed E-state index contributed by atoms with van der Waals surface area (Å²) < 4.78 is 19.0. The van der Waals surface area contributed by atoms with Crippen molar-refractivity contribution in [2.75, 3.05) is 0 Å². The van der Waals surface area contributed by atoms with Crippen molar-refractivity contribution in [3.8, 4) is 11.3 Å². The molecule has 0 radical (unpaired) electrons. The van der Waals surface area contributed by atoms with Gasteiger partial charge in [0.25, 0.3) is 0 Å². The molecular formula is C23H24ClFN2O2. The maximum Gasteiger partial charge on any atom is 0.221 e. The van der Waals surface area contributed by atoms with Crippen LogP contribution in [0.1, 0.15) is 44.7 Å². The predicted octanol–water partition coefficient (Wildman–Crippen LogP) is 5.97. The zero-order valence-electron chi connectivity index (χ0n) is 16.7. The number of amides is 1. The Morgan fingerprint density at radius 2 is 1.86 bits per heavy atom. The highest BCUT2D eigenvalue weighted by atomic mass is 35.5. The summed E-state index contributed by atoms with van der Waals surface area (Å²) in [6, 6.07) is 13.3. The van der Waals surface area contributed by atoms with E-state index < -0.39 is 0 Å². The first kappa shape index (κ1) is 21.1. The Bertz CT molecular complexity index is 977. The van der Waals surface area contributed by atoms with Gasteiger partial charge in [-0.2, -0.15) is 0 Å². The number of carbonyl (C=O) groups is 1. The predicted molar refractivity (Wildman–Crippen MR) is 112 cm³/mol. The van der Waals surface area contributed by atoms with Crippen molar-refractivity contribution in [1.82, 2.24) is 10.3 Å². The van der Waals surface area contributed by atoms with Crippen LogP contribution >= 0.6 is 11.6 Å². The summed E-state index contributed by atoms with van der Waals surface area (Å²) in [6.07, 6.45) is 2.22. The van der Waals surface area contributed by atoms with Crippen molar-refractivity contribution >= 4 is 17.5 Å². The van der Waals surface area contributed by atoms with Crippen molar-refractivity contribution in [3.05, 3.63) is 77.0 Å². The van der Waals surface area contributed by atoms with E-state index in [1.54, 1.807) is 24.4 Å². The average Bonchev–Trinajstić information content (AvgIpc) is 3.14. The summed E-state index contributed by atoms with van der Waals surface area (Å²) in [6.45, 7) is 6.10. The zero-order chi connectivity index (χ0) is 21.0. The van der Waals surface area contributed by atoms with Gasteiger partial charge in [-0.15, -0.1) is 0 Å². The van der Waals surface area contributed by atoms with Crippen LogP contribution < -0.4 is 5.32 Å². The number of nitrogens with one attached hydrogen (secondary N) is 1. The number of aryl methyl sites for hydroxylation is 1. The van der Waals surface area contributed by atoms with Gasteiger partial charge in [-0.3, -0.25) is 4.79 Å². The fourth-order valence-corrected chi connectivity index (χ4v) is 3.35. The number of hydrogen-bond donors (Lipinski definition) is 1. The van der Waals surface area contributed by atoms with E-state index in [0.717, 1.165) is 11.1 Å². The van der Waals surface area contributed by atoms with Gasteiger partial charge in [0, 0.05) is 18.4 Å². The second-order valence-electron chi connectivity index (χ2n) is 8.02. The van der Waals surface area contributed by atoms with Gasteiger partial charge in [-0.1, -0.05) is 56.6 Å². The molecule has 1 aromatic heterocycles. The highest BCUT2D eigenvalue weighted by Crippen LogP contribution is 2.33. The van der Waals surface area contributed by atoms with E-state index in [2.05, 4.69) is 10.3 Å². The molecular weight excluding hydrogens is 391 g/mol. The fraction of sp³-hybridized carbons (Fsp3) is 0.304. The van der Waals surface area contributed by atoms with Crippen molar-refractivity contribution in [1.29, 1.82) is 0 Å². The molecule has 3 rings (SSSR count). The van der Waals surface area contributed by atoms with Crippen molar-refractivity contribution in [2.24, 2.45) is 5.41 Å². The average molecular weight is 415 g/mol. The molecule has 1 N–H and O–H groups in total. The number of carbonyl (C=O) groups excluding carboxylic acids is 1. The van der Waals surface area contributed by atoms with Crippen LogP contribution in [0.3, 0.4) is 0 Å². The normalized spacial score (nSPS) is 12.6. The maximum absolute atomic E-state index is 13.3. The summed E-state index contributed by atoms with van der Waals surface area (Å²) in [4.78, 5) is 16.8.